The van der Waals surface area contributed by atoms with Crippen molar-refractivity contribution in [2.24, 2.45) is 5.73 Å². The largest absolute Gasteiger partial charge is 0.480 e. The highest BCUT2D eigenvalue weighted by molar-refractivity contribution is 7.98. The fourth-order valence-electron chi connectivity index (χ4n) is 1.43. The van der Waals surface area contributed by atoms with Crippen LogP contribution in [-0.4, -0.2) is 35.3 Å². The number of nitrogens with two attached hydrogens (primary N) is 1. The minimum Gasteiger partial charge on any atom is -0.480 e. The molecular weight excluding hydrogens is 282 g/mol. The van der Waals surface area contributed by atoms with E-state index < -0.39 is 30.4 Å². The van der Waals surface area contributed by atoms with Crippen LogP contribution in [0, 0.1) is 0 Å². The summed E-state index contributed by atoms with van der Waals surface area (Å²) in [5, 5.41) is 13.5. The standard InChI is InChI=1S/C12H15N3O4S/c1-20-8-4-2-3-7(5-8)14-12(19)15-9(11(17)18)6-10(13)16/h2-5,9H,6H2,1H3,(H2,13,16)(H,17,18)(H2,14,15,19)/t9-/m0/s1. The Morgan fingerprint density at radius 2 is 2.10 bits per heavy atom. The first kappa shape index (κ1) is 15.8. The maximum atomic E-state index is 11.7. The molecule has 0 radical (unpaired) electrons. The Kier molecular flexibility index (Phi) is 5.85. The second kappa shape index (κ2) is 7.39. The number of primary amides is 1. The fraction of sp³-hybridized carbons (Fsp3) is 0.250. The molecule has 1 aromatic carbocycles. The molecule has 0 heterocycles. The molecule has 0 aliphatic rings. The van der Waals surface area contributed by atoms with Gasteiger partial charge in [0.2, 0.25) is 5.91 Å². The van der Waals surface area contributed by atoms with Crippen molar-refractivity contribution in [1.29, 1.82) is 0 Å². The van der Waals surface area contributed by atoms with E-state index in [4.69, 9.17) is 10.8 Å². The predicted octanol–water partition coefficient (Wildman–Crippen LogP) is 0.859. The van der Waals surface area contributed by atoms with Crippen LogP contribution in [0.2, 0.25) is 0 Å². The van der Waals surface area contributed by atoms with Crippen molar-refractivity contribution >= 4 is 35.4 Å². The number of benzene rings is 1. The first-order valence-corrected chi connectivity index (χ1v) is 6.87. The summed E-state index contributed by atoms with van der Waals surface area (Å²) >= 11 is 1.51. The van der Waals surface area contributed by atoms with Crippen LogP contribution in [0.5, 0.6) is 0 Å². The van der Waals surface area contributed by atoms with E-state index in [1.54, 1.807) is 18.2 Å². The summed E-state index contributed by atoms with van der Waals surface area (Å²) in [5.74, 6) is -2.13. The molecule has 5 N–H and O–H groups in total. The molecule has 0 bridgehead atoms. The van der Waals surface area contributed by atoms with E-state index in [1.807, 2.05) is 12.3 Å². The van der Waals surface area contributed by atoms with Gasteiger partial charge in [0, 0.05) is 10.6 Å². The lowest BCUT2D eigenvalue weighted by Crippen LogP contribution is -2.45. The topological polar surface area (TPSA) is 122 Å². The average Bonchev–Trinajstić information content (AvgIpc) is 2.37. The van der Waals surface area contributed by atoms with Crippen LogP contribution >= 0.6 is 11.8 Å². The highest BCUT2D eigenvalue weighted by Crippen LogP contribution is 2.18. The van der Waals surface area contributed by atoms with Gasteiger partial charge in [-0.25, -0.2) is 9.59 Å². The maximum Gasteiger partial charge on any atom is 0.326 e. The first-order valence-electron chi connectivity index (χ1n) is 5.65. The number of carbonyl (C=O) groups excluding carboxylic acids is 2. The lowest BCUT2D eigenvalue weighted by atomic mass is 10.2. The molecule has 20 heavy (non-hydrogen) atoms. The number of hydrogen-bond donors (Lipinski definition) is 4. The smallest absolute Gasteiger partial charge is 0.326 e. The number of thioether (sulfide) groups is 1. The molecule has 0 aliphatic heterocycles. The van der Waals surface area contributed by atoms with Gasteiger partial charge in [-0.3, -0.25) is 4.79 Å². The van der Waals surface area contributed by atoms with Gasteiger partial charge in [0.1, 0.15) is 6.04 Å². The third-order valence-corrected chi connectivity index (χ3v) is 3.06. The minimum atomic E-state index is -1.35. The number of carboxylic acid groups (broad SMARTS) is 1. The number of urea groups is 1. The average molecular weight is 297 g/mol. The molecule has 8 heteroatoms. The van der Waals surface area contributed by atoms with Gasteiger partial charge < -0.3 is 21.5 Å². The zero-order chi connectivity index (χ0) is 15.1. The Morgan fingerprint density at radius 1 is 1.40 bits per heavy atom. The molecule has 0 fully saturated rings. The molecule has 0 unspecified atom stereocenters. The Balaban J connectivity index is 2.65. The van der Waals surface area contributed by atoms with Crippen molar-refractivity contribution in [3.05, 3.63) is 24.3 Å². The molecule has 0 saturated heterocycles. The SMILES string of the molecule is CSc1cccc(NC(=O)N[C@@H](CC(N)=O)C(=O)O)c1. The van der Waals surface area contributed by atoms with E-state index in [1.165, 1.54) is 11.8 Å². The second-order valence-corrected chi connectivity index (χ2v) is 4.77. The van der Waals surface area contributed by atoms with Gasteiger partial charge in [-0.1, -0.05) is 6.07 Å². The number of amides is 3. The van der Waals surface area contributed by atoms with Gasteiger partial charge in [-0.05, 0) is 24.5 Å². The van der Waals surface area contributed by atoms with Crippen LogP contribution in [0.25, 0.3) is 0 Å². The molecular formula is C12H15N3O4S. The molecule has 3 amide bonds. The van der Waals surface area contributed by atoms with Crippen LogP contribution in [0.4, 0.5) is 10.5 Å². The summed E-state index contributed by atoms with van der Waals surface area (Å²) < 4.78 is 0. The molecule has 108 valence electrons. The Bertz CT molecular complexity index is 521. The van der Waals surface area contributed by atoms with Crippen molar-refractivity contribution in [3.8, 4) is 0 Å². The second-order valence-electron chi connectivity index (χ2n) is 3.89. The zero-order valence-electron chi connectivity index (χ0n) is 10.8. The lowest BCUT2D eigenvalue weighted by Gasteiger charge is -2.13. The summed E-state index contributed by atoms with van der Waals surface area (Å²) in [6.45, 7) is 0. The lowest BCUT2D eigenvalue weighted by molar-refractivity contribution is -0.140. The molecule has 1 atom stereocenters. The predicted molar refractivity (Wildman–Crippen MR) is 75.6 cm³/mol. The summed E-state index contributed by atoms with van der Waals surface area (Å²) in [7, 11) is 0. The third kappa shape index (κ3) is 5.19. The van der Waals surface area contributed by atoms with E-state index in [0.717, 1.165) is 4.90 Å². The number of hydrogen-bond acceptors (Lipinski definition) is 4. The van der Waals surface area contributed by atoms with Crippen LogP contribution in [0.3, 0.4) is 0 Å². The quantitative estimate of drug-likeness (QED) is 0.580. The molecule has 0 spiro atoms. The van der Waals surface area contributed by atoms with E-state index in [-0.39, 0.29) is 0 Å². The van der Waals surface area contributed by atoms with Crippen molar-refractivity contribution in [2.45, 2.75) is 17.4 Å². The molecule has 1 rings (SSSR count). The van der Waals surface area contributed by atoms with Gasteiger partial charge in [-0.2, -0.15) is 0 Å². The molecule has 0 saturated carbocycles. The number of aliphatic carboxylic acids is 1. The zero-order valence-corrected chi connectivity index (χ0v) is 11.6. The van der Waals surface area contributed by atoms with Gasteiger partial charge in [0.15, 0.2) is 0 Å². The van der Waals surface area contributed by atoms with Crippen molar-refractivity contribution in [1.82, 2.24) is 5.32 Å². The van der Waals surface area contributed by atoms with E-state index in [0.29, 0.717) is 5.69 Å². The summed E-state index contributed by atoms with van der Waals surface area (Å²) in [5.41, 5.74) is 5.45. The monoisotopic (exact) mass is 297 g/mol. The van der Waals surface area contributed by atoms with Gasteiger partial charge in [0.05, 0.1) is 6.42 Å². The van der Waals surface area contributed by atoms with Gasteiger partial charge >= 0.3 is 12.0 Å². The van der Waals surface area contributed by atoms with E-state index >= 15 is 0 Å². The Labute approximate surface area is 119 Å². The maximum absolute atomic E-state index is 11.7. The van der Waals surface area contributed by atoms with Gasteiger partial charge in [0.25, 0.3) is 0 Å². The van der Waals surface area contributed by atoms with Crippen molar-refractivity contribution < 1.29 is 19.5 Å². The highest BCUT2D eigenvalue weighted by atomic mass is 32.2. The van der Waals surface area contributed by atoms with Crippen LogP contribution in [0.15, 0.2) is 29.2 Å². The summed E-state index contributed by atoms with van der Waals surface area (Å²) in [4.78, 5) is 34.2. The van der Waals surface area contributed by atoms with Crippen LogP contribution in [0.1, 0.15) is 6.42 Å². The summed E-state index contributed by atoms with van der Waals surface area (Å²) in [6, 6.07) is 4.99. The summed E-state index contributed by atoms with van der Waals surface area (Å²) in [6.07, 6.45) is 1.43. The molecule has 7 nitrogen and oxygen atoms in total. The first-order chi connectivity index (χ1) is 9.42. The Morgan fingerprint density at radius 3 is 2.65 bits per heavy atom. The molecule has 1 aromatic rings. The fourth-order valence-corrected chi connectivity index (χ4v) is 1.89. The van der Waals surface area contributed by atoms with E-state index in [2.05, 4.69) is 10.6 Å². The van der Waals surface area contributed by atoms with E-state index in [9.17, 15) is 14.4 Å². The number of nitrogens with one attached hydrogen (secondary N) is 2. The highest BCUT2D eigenvalue weighted by Gasteiger charge is 2.22. The number of carbonyl (C=O) groups is 3. The number of carboxylic acids is 1. The van der Waals surface area contributed by atoms with Crippen molar-refractivity contribution in [2.75, 3.05) is 11.6 Å². The van der Waals surface area contributed by atoms with Crippen LogP contribution in [-0.2, 0) is 9.59 Å². The van der Waals surface area contributed by atoms with Crippen LogP contribution < -0.4 is 16.4 Å². The third-order valence-electron chi connectivity index (χ3n) is 2.34. The van der Waals surface area contributed by atoms with Crippen molar-refractivity contribution in [3.63, 3.8) is 0 Å². The minimum absolute atomic E-state index is 0.465. The van der Waals surface area contributed by atoms with Gasteiger partial charge in [-0.15, -0.1) is 11.8 Å². The Hall–Kier alpha value is -2.22. The number of anilines is 1. The number of rotatable bonds is 6. The molecule has 0 aromatic heterocycles. The normalized spacial score (nSPS) is 11.4. The molecule has 0 aliphatic carbocycles.